The Morgan fingerprint density at radius 1 is 1.30 bits per heavy atom. The first-order valence-electron chi connectivity index (χ1n) is 7.27. The number of aryl methyl sites for hydroxylation is 2. The smallest absolute Gasteiger partial charge is 0.193 e. The maximum atomic E-state index is 5.92. The Morgan fingerprint density at radius 2 is 1.90 bits per heavy atom. The number of aliphatic imine (C=N–C) groups is 1. The van der Waals surface area contributed by atoms with Gasteiger partial charge in [-0.2, -0.15) is 0 Å². The molecule has 0 aliphatic heterocycles. The summed E-state index contributed by atoms with van der Waals surface area (Å²) in [7, 11) is 2.12. The summed E-state index contributed by atoms with van der Waals surface area (Å²) in [6.45, 7) is 10.2. The lowest BCUT2D eigenvalue weighted by Crippen LogP contribution is -2.31. The van der Waals surface area contributed by atoms with E-state index in [0.29, 0.717) is 18.5 Å². The monoisotopic (exact) mass is 276 g/mol. The molecule has 20 heavy (non-hydrogen) atoms. The first-order chi connectivity index (χ1) is 9.42. The first kappa shape index (κ1) is 16.5. The highest BCUT2D eigenvalue weighted by Gasteiger charge is 2.05. The van der Waals surface area contributed by atoms with Crippen LogP contribution in [0.1, 0.15) is 31.4 Å². The van der Waals surface area contributed by atoms with Crippen LogP contribution in [0.15, 0.2) is 23.2 Å². The highest BCUT2D eigenvalue weighted by atomic mass is 15.1. The minimum atomic E-state index is 0.479. The van der Waals surface area contributed by atoms with Crippen LogP contribution in [-0.4, -0.2) is 37.0 Å². The Balaban J connectivity index is 2.49. The van der Waals surface area contributed by atoms with Crippen molar-refractivity contribution < 1.29 is 0 Å². The van der Waals surface area contributed by atoms with Crippen molar-refractivity contribution in [1.29, 1.82) is 0 Å². The van der Waals surface area contributed by atoms with Crippen molar-refractivity contribution in [3.63, 3.8) is 0 Å². The van der Waals surface area contributed by atoms with Crippen LogP contribution in [0.5, 0.6) is 0 Å². The lowest BCUT2D eigenvalue weighted by molar-refractivity contribution is 0.259. The molecule has 0 aromatic heterocycles. The van der Waals surface area contributed by atoms with E-state index in [9.17, 15) is 0 Å². The molecule has 3 N–H and O–H groups in total. The average molecular weight is 276 g/mol. The number of benzene rings is 1. The fourth-order valence-electron chi connectivity index (χ4n) is 2.09. The molecule has 0 aliphatic rings. The second kappa shape index (κ2) is 7.90. The molecule has 4 nitrogen and oxygen atoms in total. The molecule has 0 saturated carbocycles. The molecule has 1 unspecified atom stereocenters. The number of guanidine groups is 1. The van der Waals surface area contributed by atoms with Gasteiger partial charge in [0.1, 0.15) is 0 Å². The van der Waals surface area contributed by atoms with Crippen LogP contribution in [0, 0.1) is 13.8 Å². The zero-order chi connectivity index (χ0) is 15.1. The SMILES string of the molecule is CCC(C)N(C)CCN=C(N)Nc1cc(C)cc(C)c1. The van der Waals surface area contributed by atoms with Gasteiger partial charge in [0.25, 0.3) is 0 Å². The van der Waals surface area contributed by atoms with Crippen LogP contribution in [0.2, 0.25) is 0 Å². The summed E-state index contributed by atoms with van der Waals surface area (Å²) in [5.74, 6) is 0.479. The first-order valence-corrected chi connectivity index (χ1v) is 7.27. The highest BCUT2D eigenvalue weighted by molar-refractivity contribution is 5.92. The standard InChI is InChI=1S/C16H28N4/c1-6-14(4)20(5)8-7-18-16(17)19-15-10-12(2)9-13(3)11-15/h9-11,14H,6-8H2,1-5H3,(H3,17,18,19). The van der Waals surface area contributed by atoms with Crippen LogP contribution in [0.4, 0.5) is 5.69 Å². The van der Waals surface area contributed by atoms with Crippen LogP contribution >= 0.6 is 0 Å². The predicted octanol–water partition coefficient (Wildman–Crippen LogP) is 2.76. The van der Waals surface area contributed by atoms with Gasteiger partial charge in [-0.05, 0) is 57.5 Å². The van der Waals surface area contributed by atoms with Crippen molar-refractivity contribution in [2.75, 3.05) is 25.5 Å². The molecule has 0 amide bonds. The van der Waals surface area contributed by atoms with E-state index in [1.54, 1.807) is 0 Å². The van der Waals surface area contributed by atoms with E-state index >= 15 is 0 Å². The molecule has 1 atom stereocenters. The molecule has 0 aliphatic carbocycles. The van der Waals surface area contributed by atoms with E-state index in [1.165, 1.54) is 11.1 Å². The Labute approximate surface area is 123 Å². The highest BCUT2D eigenvalue weighted by Crippen LogP contribution is 2.13. The van der Waals surface area contributed by atoms with Crippen molar-refractivity contribution >= 4 is 11.6 Å². The molecule has 0 fully saturated rings. The zero-order valence-corrected chi connectivity index (χ0v) is 13.4. The van der Waals surface area contributed by atoms with Crippen molar-refractivity contribution in [2.45, 2.75) is 40.2 Å². The van der Waals surface area contributed by atoms with Crippen LogP contribution in [0.25, 0.3) is 0 Å². The van der Waals surface area contributed by atoms with E-state index < -0.39 is 0 Å². The fraction of sp³-hybridized carbons (Fsp3) is 0.562. The predicted molar refractivity (Wildman–Crippen MR) is 88.4 cm³/mol. The van der Waals surface area contributed by atoms with E-state index in [0.717, 1.165) is 18.7 Å². The number of rotatable bonds is 6. The Bertz CT molecular complexity index is 434. The molecule has 0 saturated heterocycles. The summed E-state index contributed by atoms with van der Waals surface area (Å²) < 4.78 is 0. The maximum Gasteiger partial charge on any atom is 0.193 e. The lowest BCUT2D eigenvalue weighted by atomic mass is 10.1. The van der Waals surface area contributed by atoms with E-state index in [2.05, 4.69) is 68.2 Å². The van der Waals surface area contributed by atoms with Gasteiger partial charge in [-0.3, -0.25) is 4.99 Å². The molecule has 0 bridgehead atoms. The molecule has 1 rings (SSSR count). The molecule has 4 heteroatoms. The second-order valence-corrected chi connectivity index (χ2v) is 5.51. The number of nitrogens with one attached hydrogen (secondary N) is 1. The summed E-state index contributed by atoms with van der Waals surface area (Å²) >= 11 is 0. The largest absolute Gasteiger partial charge is 0.370 e. The van der Waals surface area contributed by atoms with Crippen molar-refractivity contribution in [2.24, 2.45) is 10.7 Å². The number of likely N-dealkylation sites (N-methyl/N-ethyl adjacent to an activating group) is 1. The molecule has 0 spiro atoms. The number of nitrogens with zero attached hydrogens (tertiary/aromatic N) is 2. The summed E-state index contributed by atoms with van der Waals surface area (Å²) in [5.41, 5.74) is 9.36. The average Bonchev–Trinajstić information content (AvgIpc) is 2.36. The summed E-state index contributed by atoms with van der Waals surface area (Å²) in [6.07, 6.45) is 1.15. The summed E-state index contributed by atoms with van der Waals surface area (Å²) in [6, 6.07) is 6.86. The van der Waals surface area contributed by atoms with Gasteiger partial charge in [0.15, 0.2) is 5.96 Å². The Morgan fingerprint density at radius 3 is 2.45 bits per heavy atom. The summed E-state index contributed by atoms with van der Waals surface area (Å²) in [4.78, 5) is 6.68. The van der Waals surface area contributed by atoms with Gasteiger partial charge < -0.3 is 16.0 Å². The Kier molecular flexibility index (Phi) is 6.52. The molecule has 0 radical (unpaired) electrons. The van der Waals surface area contributed by atoms with Crippen LogP contribution < -0.4 is 11.1 Å². The normalized spacial score (nSPS) is 13.6. The van der Waals surface area contributed by atoms with Gasteiger partial charge in [-0.25, -0.2) is 0 Å². The van der Waals surface area contributed by atoms with E-state index in [1.807, 2.05) is 0 Å². The minimum absolute atomic E-state index is 0.479. The molecular formula is C16H28N4. The van der Waals surface area contributed by atoms with Crippen molar-refractivity contribution in [3.05, 3.63) is 29.3 Å². The number of nitrogens with two attached hydrogens (primary N) is 1. The van der Waals surface area contributed by atoms with Crippen molar-refractivity contribution in [1.82, 2.24) is 4.90 Å². The third kappa shape index (κ3) is 5.61. The fourth-order valence-corrected chi connectivity index (χ4v) is 2.09. The van der Waals surface area contributed by atoms with Gasteiger partial charge in [-0.15, -0.1) is 0 Å². The van der Waals surface area contributed by atoms with Crippen LogP contribution in [-0.2, 0) is 0 Å². The summed E-state index contributed by atoms with van der Waals surface area (Å²) in [5, 5.41) is 3.15. The van der Waals surface area contributed by atoms with Gasteiger partial charge in [0.05, 0.1) is 6.54 Å². The molecule has 112 valence electrons. The minimum Gasteiger partial charge on any atom is -0.370 e. The third-order valence-corrected chi connectivity index (χ3v) is 3.57. The van der Waals surface area contributed by atoms with Crippen molar-refractivity contribution in [3.8, 4) is 0 Å². The topological polar surface area (TPSA) is 53.6 Å². The molecular weight excluding hydrogens is 248 g/mol. The number of hydrogen-bond donors (Lipinski definition) is 2. The Hall–Kier alpha value is -1.55. The number of anilines is 1. The number of hydrogen-bond acceptors (Lipinski definition) is 2. The van der Waals surface area contributed by atoms with Gasteiger partial charge >= 0.3 is 0 Å². The van der Waals surface area contributed by atoms with Gasteiger partial charge in [-0.1, -0.05) is 13.0 Å². The lowest BCUT2D eigenvalue weighted by Gasteiger charge is -2.22. The van der Waals surface area contributed by atoms with Gasteiger partial charge in [0, 0.05) is 18.3 Å². The molecule has 1 aromatic carbocycles. The maximum absolute atomic E-state index is 5.92. The van der Waals surface area contributed by atoms with Crippen LogP contribution in [0.3, 0.4) is 0 Å². The zero-order valence-electron chi connectivity index (χ0n) is 13.4. The van der Waals surface area contributed by atoms with E-state index in [4.69, 9.17) is 5.73 Å². The molecule has 0 heterocycles. The van der Waals surface area contributed by atoms with Gasteiger partial charge in [0.2, 0.25) is 0 Å². The van der Waals surface area contributed by atoms with E-state index in [-0.39, 0.29) is 0 Å². The molecule has 1 aromatic rings. The quantitative estimate of drug-likeness (QED) is 0.620. The third-order valence-electron chi connectivity index (χ3n) is 3.57. The second-order valence-electron chi connectivity index (χ2n) is 5.51.